The molecule has 4 heteroatoms. The lowest BCUT2D eigenvalue weighted by molar-refractivity contribution is 0.263. The van der Waals surface area contributed by atoms with E-state index in [-0.39, 0.29) is 18.4 Å². The number of fused-ring (bicyclic) bond motifs is 5. The number of nitrogens with one attached hydrogen (secondary N) is 3. The van der Waals surface area contributed by atoms with E-state index in [1.807, 2.05) is 32.0 Å². The van der Waals surface area contributed by atoms with Crippen LogP contribution >= 0.6 is 0 Å². The largest absolute Gasteiger partial charge is 0.464 e. The van der Waals surface area contributed by atoms with Gasteiger partial charge in [-0.05, 0) is 64.9 Å². The van der Waals surface area contributed by atoms with Crippen LogP contribution in [0, 0.1) is 0 Å². The molecule has 216 valence electrons. The number of hydrogen-bond donors (Lipinski definition) is 3. The van der Waals surface area contributed by atoms with Crippen molar-refractivity contribution in [1.29, 1.82) is 0 Å². The summed E-state index contributed by atoms with van der Waals surface area (Å²) in [5, 5.41) is 15.9. The van der Waals surface area contributed by atoms with Crippen molar-refractivity contribution in [1.82, 2.24) is 10.6 Å². The first-order valence-electron chi connectivity index (χ1n) is 15.3. The highest BCUT2D eigenvalue weighted by Gasteiger charge is 2.27. The van der Waals surface area contributed by atoms with Crippen molar-refractivity contribution < 1.29 is 4.74 Å². The van der Waals surface area contributed by atoms with Crippen LogP contribution < -0.4 is 20.7 Å². The molecule has 0 radical (unpaired) electrons. The van der Waals surface area contributed by atoms with Crippen LogP contribution in [0.3, 0.4) is 0 Å². The topological polar surface area (TPSA) is 45.3 Å². The standard InChI is InChI=1S/C37H33N3O.C2H6/c1-3-11-24(4-2)32-23-33(26-12-7-5-8-13-26)39-36(38-32)29-19-17-25-16-18-27-20-21-31-35(34(27)30(25)22-29)41-37(40-31)28-14-9-6-10-15-28;1-2/h3-23,32,36-40H,1-2H3;1-2H3/b11-3-,24-4+;. The zero-order chi connectivity index (χ0) is 29.8. The van der Waals surface area contributed by atoms with Crippen molar-refractivity contribution in [2.45, 2.75) is 46.1 Å². The molecular weight excluding hydrogens is 526 g/mol. The summed E-state index contributed by atoms with van der Waals surface area (Å²) in [6.45, 7) is 8.17. The monoisotopic (exact) mass is 565 g/mol. The highest BCUT2D eigenvalue weighted by atomic mass is 16.5. The zero-order valence-electron chi connectivity index (χ0n) is 25.3. The van der Waals surface area contributed by atoms with Gasteiger partial charge in [0.05, 0.1) is 11.7 Å². The SMILES string of the molecule is C/C=C\C(=C/C)C1C=C(c2ccccc2)NC(c2ccc3ccc4ccc5c(c4c3c2)OC(c2ccccc2)N5)N1.CC. The molecule has 0 fully saturated rings. The fourth-order valence-corrected chi connectivity index (χ4v) is 5.99. The van der Waals surface area contributed by atoms with Crippen molar-refractivity contribution in [2.75, 3.05) is 5.32 Å². The Kier molecular flexibility index (Phi) is 8.30. The number of hydrogen-bond acceptors (Lipinski definition) is 4. The molecule has 0 amide bonds. The zero-order valence-corrected chi connectivity index (χ0v) is 25.3. The molecular formula is C39H39N3O. The van der Waals surface area contributed by atoms with Gasteiger partial charge in [-0.2, -0.15) is 0 Å². The fourth-order valence-electron chi connectivity index (χ4n) is 5.99. The summed E-state index contributed by atoms with van der Waals surface area (Å²) in [7, 11) is 0. The summed E-state index contributed by atoms with van der Waals surface area (Å²) in [6, 6.07) is 36.4. The van der Waals surface area contributed by atoms with Gasteiger partial charge in [0.1, 0.15) is 6.17 Å². The molecule has 0 aromatic heterocycles. The summed E-state index contributed by atoms with van der Waals surface area (Å²) in [5.41, 5.74) is 6.85. The van der Waals surface area contributed by atoms with E-state index < -0.39 is 0 Å². The van der Waals surface area contributed by atoms with E-state index in [0.29, 0.717) is 0 Å². The summed E-state index contributed by atoms with van der Waals surface area (Å²) in [4.78, 5) is 0. The van der Waals surface area contributed by atoms with Crippen molar-refractivity contribution >= 4 is 32.9 Å². The van der Waals surface area contributed by atoms with Crippen LogP contribution in [-0.4, -0.2) is 6.04 Å². The van der Waals surface area contributed by atoms with Gasteiger partial charge in [0.25, 0.3) is 0 Å². The Morgan fingerprint density at radius 3 is 2.19 bits per heavy atom. The van der Waals surface area contributed by atoms with Gasteiger partial charge >= 0.3 is 0 Å². The molecule has 0 saturated carbocycles. The second-order valence-corrected chi connectivity index (χ2v) is 10.6. The van der Waals surface area contributed by atoms with E-state index in [9.17, 15) is 0 Å². The van der Waals surface area contributed by atoms with Crippen LogP contribution in [0.15, 0.2) is 133 Å². The highest BCUT2D eigenvalue weighted by Crippen LogP contribution is 2.46. The number of rotatable bonds is 5. The molecule has 0 spiro atoms. The Hall–Kier alpha value is -4.80. The van der Waals surface area contributed by atoms with E-state index in [4.69, 9.17) is 4.74 Å². The molecule has 5 aromatic carbocycles. The van der Waals surface area contributed by atoms with Crippen LogP contribution in [0.2, 0.25) is 0 Å². The van der Waals surface area contributed by atoms with E-state index >= 15 is 0 Å². The summed E-state index contributed by atoms with van der Waals surface area (Å²) >= 11 is 0. The van der Waals surface area contributed by atoms with Gasteiger partial charge in [-0.1, -0.05) is 123 Å². The fraction of sp³-hybridized carbons (Fsp3) is 0.179. The first kappa shape index (κ1) is 28.3. The molecule has 3 atom stereocenters. The number of allylic oxidation sites excluding steroid dienone is 2. The van der Waals surface area contributed by atoms with Crippen LogP contribution in [0.25, 0.3) is 27.2 Å². The van der Waals surface area contributed by atoms with Crippen molar-refractivity contribution in [3.05, 3.63) is 150 Å². The Labute approximate surface area is 254 Å². The molecule has 2 aliphatic rings. The normalized spacial score (nSPS) is 19.6. The molecule has 5 aromatic rings. The molecule has 43 heavy (non-hydrogen) atoms. The van der Waals surface area contributed by atoms with Gasteiger partial charge in [-0.25, -0.2) is 0 Å². The summed E-state index contributed by atoms with van der Waals surface area (Å²) in [6.07, 6.45) is 8.47. The van der Waals surface area contributed by atoms with E-state index in [1.165, 1.54) is 32.9 Å². The molecule has 2 heterocycles. The predicted octanol–water partition coefficient (Wildman–Crippen LogP) is 9.65. The Morgan fingerprint density at radius 2 is 1.44 bits per heavy atom. The third kappa shape index (κ3) is 5.54. The highest BCUT2D eigenvalue weighted by molar-refractivity contribution is 6.13. The lowest BCUT2D eigenvalue weighted by Crippen LogP contribution is -2.44. The first-order valence-corrected chi connectivity index (χ1v) is 15.3. The van der Waals surface area contributed by atoms with Crippen molar-refractivity contribution in [2.24, 2.45) is 0 Å². The minimum Gasteiger partial charge on any atom is -0.464 e. The first-order chi connectivity index (χ1) is 21.2. The van der Waals surface area contributed by atoms with E-state index in [2.05, 4.69) is 139 Å². The molecule has 3 unspecified atom stereocenters. The summed E-state index contributed by atoms with van der Waals surface area (Å²) in [5.74, 6) is 0.913. The second kappa shape index (κ2) is 12.6. The van der Waals surface area contributed by atoms with E-state index in [0.717, 1.165) is 28.1 Å². The maximum atomic E-state index is 6.60. The average Bonchev–Trinajstić information content (AvgIpc) is 3.53. The molecule has 3 N–H and O–H groups in total. The molecule has 7 rings (SSSR count). The quantitative estimate of drug-likeness (QED) is 0.147. The van der Waals surface area contributed by atoms with Gasteiger partial charge in [0.15, 0.2) is 12.0 Å². The Morgan fingerprint density at radius 1 is 0.744 bits per heavy atom. The van der Waals surface area contributed by atoms with Gasteiger partial charge < -0.3 is 15.4 Å². The predicted molar refractivity (Wildman–Crippen MR) is 182 cm³/mol. The van der Waals surface area contributed by atoms with Gasteiger partial charge in [0.2, 0.25) is 0 Å². The maximum Gasteiger partial charge on any atom is 0.196 e. The van der Waals surface area contributed by atoms with Crippen molar-refractivity contribution in [3.63, 3.8) is 0 Å². The molecule has 0 bridgehead atoms. The van der Waals surface area contributed by atoms with Gasteiger partial charge in [-0.15, -0.1) is 0 Å². The lowest BCUT2D eigenvalue weighted by atomic mass is 9.95. The van der Waals surface area contributed by atoms with Crippen molar-refractivity contribution in [3.8, 4) is 5.75 Å². The van der Waals surface area contributed by atoms with Crippen LogP contribution in [0.4, 0.5) is 5.69 Å². The Bertz CT molecular complexity index is 1820. The lowest BCUT2D eigenvalue weighted by Gasteiger charge is -2.33. The van der Waals surface area contributed by atoms with Crippen LogP contribution in [0.1, 0.15) is 56.8 Å². The third-order valence-corrected chi connectivity index (χ3v) is 8.05. The van der Waals surface area contributed by atoms with Crippen LogP contribution in [-0.2, 0) is 0 Å². The van der Waals surface area contributed by atoms with Gasteiger partial charge in [-0.3, -0.25) is 5.32 Å². The summed E-state index contributed by atoms with van der Waals surface area (Å²) < 4.78 is 6.60. The number of benzene rings is 5. The Balaban J connectivity index is 0.00000161. The van der Waals surface area contributed by atoms with Gasteiger partial charge in [0, 0.05) is 16.6 Å². The molecule has 4 nitrogen and oxygen atoms in total. The molecule has 0 saturated heterocycles. The average molecular weight is 566 g/mol. The minimum absolute atomic E-state index is 0.0734. The second-order valence-electron chi connectivity index (χ2n) is 10.6. The maximum absolute atomic E-state index is 6.60. The van der Waals surface area contributed by atoms with Crippen LogP contribution in [0.5, 0.6) is 5.75 Å². The molecule has 0 aliphatic carbocycles. The third-order valence-electron chi connectivity index (χ3n) is 8.05. The minimum atomic E-state index is -0.206. The number of anilines is 1. The number of ether oxygens (including phenoxy) is 1. The van der Waals surface area contributed by atoms with E-state index in [1.54, 1.807) is 0 Å². The molecule has 2 aliphatic heterocycles. The smallest absolute Gasteiger partial charge is 0.196 e.